The Kier molecular flexibility index (Phi) is 24.8. The van der Waals surface area contributed by atoms with Crippen LogP contribution in [0.5, 0.6) is 0 Å². The van der Waals surface area contributed by atoms with Crippen LogP contribution in [0.4, 0.5) is 0 Å². The van der Waals surface area contributed by atoms with E-state index in [1.165, 1.54) is 6.92 Å². The zero-order valence-electron chi connectivity index (χ0n) is 12.5. The number of nitrogens with one attached hydrogen (secondary N) is 2. The van der Waals surface area contributed by atoms with E-state index < -0.39 is 0 Å². The Hall–Kier alpha value is -1.33. The molecule has 0 bridgehead atoms. The summed E-state index contributed by atoms with van der Waals surface area (Å²) in [4.78, 5) is 24.5. The molecule has 0 atom stereocenters. The fraction of sp³-hybridized carbons (Fsp3) is 0.545. The number of allylic oxidation sites excluding steroid dienone is 4. The number of nitrogens with zero attached hydrogens (tertiary/aromatic N) is 2. The molecule has 0 fully saturated rings. The molecule has 1 radical (unpaired) electrons. The number of hydrogen-bond acceptors (Lipinski definition) is 8. The molecule has 0 aliphatic heterocycles. The van der Waals surface area contributed by atoms with E-state index in [-0.39, 0.29) is 28.0 Å². The smallest absolute Gasteiger partial charge is 0.103 e. The molecule has 127 valence electrons. The number of nitroso groups, excluding NO2 is 2. The summed E-state index contributed by atoms with van der Waals surface area (Å²) in [6.45, 7) is 10.5. The van der Waals surface area contributed by atoms with E-state index in [0.717, 1.165) is 0 Å². The van der Waals surface area contributed by atoms with Crippen LogP contribution >= 0.6 is 0 Å². The molecule has 0 aromatic carbocycles. The van der Waals surface area contributed by atoms with E-state index >= 15 is 0 Å². The van der Waals surface area contributed by atoms with Crippen LogP contribution in [-0.2, 0) is 21.6 Å². The van der Waals surface area contributed by atoms with E-state index in [1.54, 1.807) is 26.3 Å². The van der Waals surface area contributed by atoms with Crippen molar-refractivity contribution in [2.75, 3.05) is 6.61 Å². The van der Waals surface area contributed by atoms with Gasteiger partial charge in [0.25, 0.3) is 0 Å². The molecule has 0 unspecified atom stereocenters. The van der Waals surface area contributed by atoms with Crippen molar-refractivity contribution in [2.24, 2.45) is 10.4 Å². The van der Waals surface area contributed by atoms with Crippen LogP contribution in [0.25, 0.3) is 0 Å². The molecule has 0 spiro atoms. The van der Waals surface area contributed by atoms with Crippen LogP contribution < -0.4 is 11.0 Å². The van der Waals surface area contributed by atoms with Crippen LogP contribution in [0, 0.1) is 16.7 Å². The summed E-state index contributed by atoms with van der Waals surface area (Å²) in [6.07, 6.45) is 0.688. The van der Waals surface area contributed by atoms with Gasteiger partial charge in [0.2, 0.25) is 0 Å². The van der Waals surface area contributed by atoms with Gasteiger partial charge in [0, 0.05) is 23.4 Å². The first-order valence-electron chi connectivity index (χ1n) is 5.53. The molecule has 0 aromatic heterocycles. The fourth-order valence-corrected chi connectivity index (χ4v) is 0.523. The maximum Gasteiger partial charge on any atom is 0.103 e. The minimum absolute atomic E-state index is 0. The van der Waals surface area contributed by atoms with Gasteiger partial charge in [-0.1, -0.05) is 0 Å². The Morgan fingerprint density at radius 1 is 1.10 bits per heavy atom. The van der Waals surface area contributed by atoms with E-state index in [2.05, 4.69) is 22.8 Å². The van der Waals surface area contributed by atoms with Crippen LogP contribution in [0.3, 0.4) is 0 Å². The van der Waals surface area contributed by atoms with Crippen LogP contribution in [-0.4, -0.2) is 17.3 Å². The average Bonchev–Trinajstić information content (AvgIpc) is 2.45. The summed E-state index contributed by atoms with van der Waals surface area (Å²) < 4.78 is 0. The van der Waals surface area contributed by atoms with Gasteiger partial charge in [0.15, 0.2) is 0 Å². The van der Waals surface area contributed by atoms with Gasteiger partial charge in [-0.25, -0.2) is 0 Å². The Morgan fingerprint density at radius 2 is 1.52 bits per heavy atom. The summed E-state index contributed by atoms with van der Waals surface area (Å²) in [7, 11) is 0. The van der Waals surface area contributed by atoms with Gasteiger partial charge < -0.3 is 12.4 Å². The van der Waals surface area contributed by atoms with Crippen LogP contribution in [0.2, 0.25) is 0 Å². The van der Waals surface area contributed by atoms with Crippen molar-refractivity contribution in [3.63, 3.8) is 0 Å². The molecule has 0 saturated carbocycles. The molecule has 9 nitrogen and oxygen atoms in total. The molecule has 0 amide bonds. The van der Waals surface area contributed by atoms with Gasteiger partial charge in [-0.2, -0.15) is 6.42 Å². The van der Waals surface area contributed by atoms with E-state index in [0.29, 0.717) is 30.1 Å². The van der Waals surface area contributed by atoms with Gasteiger partial charge >= 0.3 is 0 Å². The van der Waals surface area contributed by atoms with Crippen LogP contribution in [0.1, 0.15) is 34.1 Å². The molecule has 0 rings (SSSR count). The minimum atomic E-state index is 0. The second kappa shape index (κ2) is 18.7. The average molecular weight is 350 g/mol. The normalized spacial score (nSPS) is 11.1. The largest absolute Gasteiger partial charge is 0.412 e. The van der Waals surface area contributed by atoms with Gasteiger partial charge in [-0.05, 0) is 38.0 Å². The first-order chi connectivity index (χ1) is 8.94. The third kappa shape index (κ3) is 16.6. The molecular weight excluding hydrogens is 327 g/mol. The maximum absolute atomic E-state index is 9.96. The van der Waals surface area contributed by atoms with E-state index in [9.17, 15) is 9.81 Å². The zero-order chi connectivity index (χ0) is 15.3. The third-order valence-electron chi connectivity index (χ3n) is 2.00. The zero-order valence-corrected chi connectivity index (χ0v) is 13.6. The Labute approximate surface area is 134 Å². The number of hydrogen-bond donors (Lipinski definition) is 3. The summed E-state index contributed by atoms with van der Waals surface area (Å²) in [5, 5.41) is 13.4. The molecule has 5 N–H and O–H groups in total. The van der Waals surface area contributed by atoms with E-state index in [4.69, 9.17) is 10.0 Å². The molecule has 0 saturated heterocycles. The van der Waals surface area contributed by atoms with Crippen molar-refractivity contribution in [1.82, 2.24) is 11.0 Å². The summed E-state index contributed by atoms with van der Waals surface area (Å²) in [5.74, 6) is 0. The van der Waals surface area contributed by atoms with Crippen LogP contribution in [0.15, 0.2) is 33.1 Å². The molecule has 10 heteroatoms. The van der Waals surface area contributed by atoms with E-state index in [1.807, 2.05) is 0 Å². The molecule has 0 aromatic rings. The summed E-state index contributed by atoms with van der Waals surface area (Å²) in [5.41, 5.74) is 6.04. The number of hydroxylamine groups is 2. The molecule has 0 heterocycles. The first kappa shape index (κ1) is 27.9. The van der Waals surface area contributed by atoms with Gasteiger partial charge in [0.1, 0.15) is 11.4 Å². The second-order valence-electron chi connectivity index (χ2n) is 3.52. The van der Waals surface area contributed by atoms with Crippen molar-refractivity contribution in [2.45, 2.75) is 34.1 Å². The SMILES string of the molecule is CC(N=O)=C(C)NO.O.[CH2-]CCONC(C)=C(C)N=O.[Co]. The van der Waals surface area contributed by atoms with Crippen molar-refractivity contribution in [3.8, 4) is 0 Å². The van der Waals surface area contributed by atoms with Crippen molar-refractivity contribution in [1.29, 1.82) is 0 Å². The molecule has 21 heavy (non-hydrogen) atoms. The Morgan fingerprint density at radius 3 is 1.81 bits per heavy atom. The predicted molar refractivity (Wildman–Crippen MR) is 75.9 cm³/mol. The standard InChI is InChI=1S/C7H13N2O2.C4H8N2O2.Co.H2O/c1-4-5-11-9-7(3)6(2)8-10;1-3(5-7)4(2)6-8;;/h9H,1,4-5H2,2-3H3;5,7H,1-2H3;;1H2/q-1;;;. The first-order valence-corrected chi connectivity index (χ1v) is 5.53. The maximum atomic E-state index is 9.96. The Balaban J connectivity index is -0.000000131. The molecule has 0 aliphatic carbocycles. The van der Waals surface area contributed by atoms with Crippen molar-refractivity contribution < 1.29 is 32.3 Å². The van der Waals surface area contributed by atoms with Crippen molar-refractivity contribution >= 4 is 0 Å². The quantitative estimate of drug-likeness (QED) is 0.277. The monoisotopic (exact) mass is 350 g/mol. The summed E-state index contributed by atoms with van der Waals surface area (Å²) in [6, 6.07) is 0. The minimum Gasteiger partial charge on any atom is -0.412 e. The molecule has 0 aliphatic rings. The summed E-state index contributed by atoms with van der Waals surface area (Å²) >= 11 is 0. The van der Waals surface area contributed by atoms with Gasteiger partial charge in [-0.3, -0.25) is 21.0 Å². The Bertz CT molecular complexity index is 348. The predicted octanol–water partition coefficient (Wildman–Crippen LogP) is 1.91. The van der Waals surface area contributed by atoms with Gasteiger partial charge in [-0.15, -0.1) is 9.81 Å². The molecular formula is C11H23CoN4O5-. The second-order valence-corrected chi connectivity index (χ2v) is 3.52. The number of rotatable bonds is 7. The fourth-order valence-electron chi connectivity index (χ4n) is 0.523. The van der Waals surface area contributed by atoms with Crippen molar-refractivity contribution in [3.05, 3.63) is 39.5 Å². The van der Waals surface area contributed by atoms with Gasteiger partial charge in [0.05, 0.1) is 11.4 Å². The third-order valence-corrected chi connectivity index (χ3v) is 2.00. The topological polar surface area (TPSA) is 144 Å².